The number of amides is 1. The number of benzene rings is 1. The van der Waals surface area contributed by atoms with Crippen molar-refractivity contribution in [1.29, 1.82) is 0 Å². The van der Waals surface area contributed by atoms with Crippen LogP contribution < -0.4 is 0 Å². The van der Waals surface area contributed by atoms with Gasteiger partial charge in [-0.05, 0) is 19.1 Å². The van der Waals surface area contributed by atoms with Gasteiger partial charge in [-0.2, -0.15) is 0 Å². The Hall–Kier alpha value is -1.90. The standard InChI is InChI=1S/C14H14N2O2S/c1-4-9(2)16(3)14(18)12(17)13-15-10-7-5-6-8-11(10)19-13/h1,5-9,12,17H,2-3H3. The van der Waals surface area contributed by atoms with Crippen LogP contribution in [0.25, 0.3) is 10.2 Å². The van der Waals surface area contributed by atoms with E-state index in [0.29, 0.717) is 5.01 Å². The first kappa shape index (κ1) is 13.5. The van der Waals surface area contributed by atoms with Crippen molar-refractivity contribution in [2.24, 2.45) is 0 Å². The van der Waals surface area contributed by atoms with Crippen molar-refractivity contribution in [3.8, 4) is 12.3 Å². The predicted octanol–water partition coefficient (Wildman–Crippen LogP) is 1.81. The molecule has 0 aliphatic carbocycles. The Morgan fingerprint density at radius 1 is 1.53 bits per heavy atom. The summed E-state index contributed by atoms with van der Waals surface area (Å²) < 4.78 is 0.942. The fourth-order valence-electron chi connectivity index (χ4n) is 1.61. The van der Waals surface area contributed by atoms with Crippen LogP contribution in [-0.2, 0) is 4.79 Å². The smallest absolute Gasteiger partial charge is 0.259 e. The monoisotopic (exact) mass is 274 g/mol. The second kappa shape index (κ2) is 5.39. The molecule has 0 saturated carbocycles. The fraction of sp³-hybridized carbons (Fsp3) is 0.286. The highest BCUT2D eigenvalue weighted by Gasteiger charge is 2.26. The molecule has 2 rings (SSSR count). The second-order valence-corrected chi connectivity index (χ2v) is 5.28. The minimum atomic E-state index is -1.27. The van der Waals surface area contributed by atoms with E-state index >= 15 is 0 Å². The molecular formula is C14H14N2O2S. The normalized spacial score (nSPS) is 13.8. The first-order valence-electron chi connectivity index (χ1n) is 5.81. The molecule has 19 heavy (non-hydrogen) atoms. The van der Waals surface area contributed by atoms with Crippen molar-refractivity contribution in [1.82, 2.24) is 9.88 Å². The molecule has 0 saturated heterocycles. The van der Waals surface area contributed by atoms with Gasteiger partial charge in [-0.1, -0.05) is 18.1 Å². The van der Waals surface area contributed by atoms with Crippen LogP contribution >= 0.6 is 11.3 Å². The van der Waals surface area contributed by atoms with Crippen LogP contribution in [0.1, 0.15) is 18.0 Å². The summed E-state index contributed by atoms with van der Waals surface area (Å²) in [6, 6.07) is 7.15. The number of aliphatic hydroxyl groups excluding tert-OH is 1. The first-order valence-corrected chi connectivity index (χ1v) is 6.62. The number of carbonyl (C=O) groups is 1. The lowest BCUT2D eigenvalue weighted by Gasteiger charge is -2.22. The quantitative estimate of drug-likeness (QED) is 0.868. The molecule has 1 aromatic heterocycles. The molecule has 1 aromatic carbocycles. The summed E-state index contributed by atoms with van der Waals surface area (Å²) >= 11 is 1.31. The number of likely N-dealkylation sites (N-methyl/N-ethyl adjacent to an activating group) is 1. The highest BCUT2D eigenvalue weighted by molar-refractivity contribution is 7.18. The van der Waals surface area contributed by atoms with Gasteiger partial charge in [0.1, 0.15) is 5.01 Å². The Balaban J connectivity index is 2.26. The number of aromatic nitrogens is 1. The summed E-state index contributed by atoms with van der Waals surface area (Å²) in [6.45, 7) is 1.73. The van der Waals surface area contributed by atoms with Gasteiger partial charge < -0.3 is 10.0 Å². The van der Waals surface area contributed by atoms with Crippen molar-refractivity contribution >= 4 is 27.5 Å². The number of fused-ring (bicyclic) bond motifs is 1. The molecule has 1 N–H and O–H groups in total. The van der Waals surface area contributed by atoms with Crippen LogP contribution in [0.3, 0.4) is 0 Å². The maximum atomic E-state index is 12.1. The number of hydrogen-bond acceptors (Lipinski definition) is 4. The van der Waals surface area contributed by atoms with E-state index < -0.39 is 12.0 Å². The Bertz CT molecular complexity index is 611. The van der Waals surface area contributed by atoms with Gasteiger partial charge in [0, 0.05) is 7.05 Å². The summed E-state index contributed by atoms with van der Waals surface area (Å²) in [5.74, 6) is 2.02. The average Bonchev–Trinajstić information content (AvgIpc) is 2.87. The van der Waals surface area contributed by atoms with Crippen LogP contribution in [0.15, 0.2) is 24.3 Å². The Morgan fingerprint density at radius 3 is 2.84 bits per heavy atom. The molecule has 0 fully saturated rings. The van der Waals surface area contributed by atoms with Crippen molar-refractivity contribution in [2.45, 2.75) is 19.1 Å². The lowest BCUT2D eigenvalue weighted by Crippen LogP contribution is -2.37. The van der Waals surface area contributed by atoms with E-state index in [1.165, 1.54) is 16.2 Å². The summed E-state index contributed by atoms with van der Waals surface area (Å²) in [6.07, 6.45) is 4.01. The molecule has 2 unspecified atom stereocenters. The van der Waals surface area contributed by atoms with Gasteiger partial charge in [-0.25, -0.2) is 4.98 Å². The molecular weight excluding hydrogens is 260 g/mol. The van der Waals surface area contributed by atoms with Crippen LogP contribution in [0.5, 0.6) is 0 Å². The van der Waals surface area contributed by atoms with Crippen LogP contribution in [0, 0.1) is 12.3 Å². The van der Waals surface area contributed by atoms with Crippen molar-refractivity contribution < 1.29 is 9.90 Å². The number of thiazole rings is 1. The number of rotatable bonds is 3. The van der Waals surface area contributed by atoms with Gasteiger partial charge in [0.15, 0.2) is 6.10 Å². The van der Waals surface area contributed by atoms with E-state index in [-0.39, 0.29) is 6.04 Å². The van der Waals surface area contributed by atoms with Crippen LogP contribution in [0.4, 0.5) is 0 Å². The maximum absolute atomic E-state index is 12.1. The Labute approximate surface area is 115 Å². The third-order valence-corrected chi connectivity index (χ3v) is 4.04. The molecule has 2 atom stereocenters. The number of carbonyl (C=O) groups excluding carboxylic acids is 1. The zero-order valence-electron chi connectivity index (χ0n) is 10.7. The lowest BCUT2D eigenvalue weighted by molar-refractivity contribution is -0.140. The van der Waals surface area contributed by atoms with E-state index in [1.54, 1.807) is 14.0 Å². The van der Waals surface area contributed by atoms with Gasteiger partial charge >= 0.3 is 0 Å². The van der Waals surface area contributed by atoms with Gasteiger partial charge in [-0.15, -0.1) is 17.8 Å². The number of aliphatic hydroxyl groups is 1. The molecule has 0 aliphatic heterocycles. The largest absolute Gasteiger partial charge is 0.376 e. The zero-order chi connectivity index (χ0) is 14.0. The molecule has 98 valence electrons. The number of nitrogens with zero attached hydrogens (tertiary/aromatic N) is 2. The Morgan fingerprint density at radius 2 is 2.21 bits per heavy atom. The van der Waals surface area contributed by atoms with Crippen molar-refractivity contribution in [2.75, 3.05) is 7.05 Å². The van der Waals surface area contributed by atoms with Gasteiger partial charge in [0.2, 0.25) is 0 Å². The van der Waals surface area contributed by atoms with E-state index in [2.05, 4.69) is 10.9 Å². The molecule has 0 bridgehead atoms. The number of terminal acetylenes is 1. The minimum Gasteiger partial charge on any atom is -0.376 e. The molecule has 1 heterocycles. The van der Waals surface area contributed by atoms with E-state index in [1.807, 2.05) is 24.3 Å². The third-order valence-electron chi connectivity index (χ3n) is 2.95. The molecule has 0 spiro atoms. The highest BCUT2D eigenvalue weighted by atomic mass is 32.1. The molecule has 4 nitrogen and oxygen atoms in total. The van der Waals surface area contributed by atoms with Gasteiger partial charge in [0.05, 0.1) is 16.3 Å². The predicted molar refractivity (Wildman–Crippen MR) is 75.6 cm³/mol. The molecule has 0 aliphatic rings. The summed E-state index contributed by atoms with van der Waals surface area (Å²) in [5, 5.41) is 10.5. The van der Waals surface area contributed by atoms with E-state index in [4.69, 9.17) is 6.42 Å². The third kappa shape index (κ3) is 2.60. The minimum absolute atomic E-state index is 0.364. The molecule has 0 radical (unpaired) electrons. The summed E-state index contributed by atoms with van der Waals surface area (Å²) in [7, 11) is 1.57. The zero-order valence-corrected chi connectivity index (χ0v) is 11.5. The molecule has 5 heteroatoms. The highest BCUT2D eigenvalue weighted by Crippen LogP contribution is 2.27. The van der Waals surface area contributed by atoms with E-state index in [0.717, 1.165) is 10.2 Å². The summed E-state index contributed by atoms with van der Waals surface area (Å²) in [5.41, 5.74) is 0.780. The van der Waals surface area contributed by atoms with E-state index in [9.17, 15) is 9.90 Å². The fourth-order valence-corrected chi connectivity index (χ4v) is 2.55. The lowest BCUT2D eigenvalue weighted by atomic mass is 10.2. The number of para-hydroxylation sites is 1. The van der Waals surface area contributed by atoms with Crippen LogP contribution in [0.2, 0.25) is 0 Å². The number of hydrogen-bond donors (Lipinski definition) is 1. The SMILES string of the molecule is C#CC(C)N(C)C(=O)C(O)c1nc2ccccc2s1. The maximum Gasteiger partial charge on any atom is 0.259 e. The second-order valence-electron chi connectivity index (χ2n) is 4.21. The first-order chi connectivity index (χ1) is 9.04. The molecule has 1 amide bonds. The van der Waals surface area contributed by atoms with Gasteiger partial charge in [0.25, 0.3) is 5.91 Å². The molecule has 2 aromatic rings. The van der Waals surface area contributed by atoms with Gasteiger partial charge in [-0.3, -0.25) is 4.79 Å². The Kier molecular flexibility index (Phi) is 3.84. The van der Waals surface area contributed by atoms with Crippen LogP contribution in [-0.4, -0.2) is 34.0 Å². The summed E-state index contributed by atoms with van der Waals surface area (Å²) in [4.78, 5) is 17.7. The van der Waals surface area contributed by atoms with Crippen molar-refractivity contribution in [3.05, 3.63) is 29.3 Å². The average molecular weight is 274 g/mol. The van der Waals surface area contributed by atoms with Crippen molar-refractivity contribution in [3.63, 3.8) is 0 Å². The topological polar surface area (TPSA) is 53.4 Å².